The molecular formula is C20H17NO3. The number of nitrogens with one attached hydrogen (secondary N) is 1. The highest BCUT2D eigenvalue weighted by Crippen LogP contribution is 2.30. The summed E-state index contributed by atoms with van der Waals surface area (Å²) in [4.78, 5) is 12.4. The lowest BCUT2D eigenvalue weighted by Crippen LogP contribution is -2.43. The van der Waals surface area contributed by atoms with E-state index in [0.717, 1.165) is 16.3 Å². The van der Waals surface area contributed by atoms with Crippen LogP contribution >= 0.6 is 0 Å². The zero-order chi connectivity index (χ0) is 16.4. The molecule has 1 atom stereocenters. The van der Waals surface area contributed by atoms with E-state index in [1.165, 1.54) is 0 Å². The average Bonchev–Trinajstić information content (AvgIpc) is 2.65. The predicted molar refractivity (Wildman–Crippen MR) is 92.1 cm³/mol. The van der Waals surface area contributed by atoms with Crippen LogP contribution in [0.4, 0.5) is 0 Å². The molecule has 0 unspecified atom stereocenters. The molecule has 0 saturated heterocycles. The summed E-state index contributed by atoms with van der Waals surface area (Å²) in [6.45, 7) is 0.681. The number of para-hydroxylation sites is 2. The Labute approximate surface area is 140 Å². The van der Waals surface area contributed by atoms with Crippen molar-refractivity contribution < 1.29 is 14.3 Å². The molecule has 4 heteroatoms. The van der Waals surface area contributed by atoms with Gasteiger partial charge in [-0.2, -0.15) is 0 Å². The van der Waals surface area contributed by atoms with Crippen LogP contribution < -0.4 is 14.8 Å². The van der Waals surface area contributed by atoms with E-state index in [9.17, 15) is 4.79 Å². The number of hydrogen-bond acceptors (Lipinski definition) is 3. The molecule has 0 fully saturated rings. The molecule has 1 amide bonds. The minimum absolute atomic E-state index is 0.169. The van der Waals surface area contributed by atoms with Gasteiger partial charge in [0.25, 0.3) is 5.91 Å². The molecule has 0 spiro atoms. The van der Waals surface area contributed by atoms with Crippen molar-refractivity contribution in [1.82, 2.24) is 5.32 Å². The fraction of sp³-hybridized carbons (Fsp3) is 0.150. The molecule has 0 bridgehead atoms. The second kappa shape index (κ2) is 6.24. The van der Waals surface area contributed by atoms with Gasteiger partial charge in [-0.25, -0.2) is 0 Å². The number of benzene rings is 3. The van der Waals surface area contributed by atoms with Crippen molar-refractivity contribution in [3.8, 4) is 11.5 Å². The summed E-state index contributed by atoms with van der Waals surface area (Å²) in [5, 5.41) is 5.25. The minimum Gasteiger partial charge on any atom is -0.485 e. The van der Waals surface area contributed by atoms with Crippen molar-refractivity contribution in [2.75, 3.05) is 6.61 Å². The van der Waals surface area contributed by atoms with Gasteiger partial charge in [0.2, 0.25) is 6.10 Å². The van der Waals surface area contributed by atoms with E-state index in [4.69, 9.17) is 9.47 Å². The number of carbonyl (C=O) groups excluding carboxylic acids is 1. The molecule has 24 heavy (non-hydrogen) atoms. The first-order valence-corrected chi connectivity index (χ1v) is 7.94. The number of hydrogen-bond donors (Lipinski definition) is 1. The lowest BCUT2D eigenvalue weighted by Gasteiger charge is -2.25. The maximum atomic E-state index is 12.4. The summed E-state index contributed by atoms with van der Waals surface area (Å²) in [7, 11) is 0. The van der Waals surface area contributed by atoms with E-state index in [1.807, 2.05) is 42.5 Å². The fourth-order valence-corrected chi connectivity index (χ4v) is 2.89. The molecule has 1 aliphatic rings. The van der Waals surface area contributed by atoms with Crippen LogP contribution in [0.1, 0.15) is 5.56 Å². The van der Waals surface area contributed by atoms with Crippen molar-refractivity contribution in [3.63, 3.8) is 0 Å². The van der Waals surface area contributed by atoms with Crippen molar-refractivity contribution in [1.29, 1.82) is 0 Å². The van der Waals surface area contributed by atoms with Gasteiger partial charge in [-0.1, -0.05) is 54.6 Å². The Morgan fingerprint density at radius 3 is 2.62 bits per heavy atom. The van der Waals surface area contributed by atoms with E-state index >= 15 is 0 Å². The quantitative estimate of drug-likeness (QED) is 0.806. The number of ether oxygens (including phenoxy) is 2. The molecule has 3 aromatic rings. The monoisotopic (exact) mass is 319 g/mol. The molecule has 4 nitrogen and oxygen atoms in total. The number of rotatable bonds is 3. The van der Waals surface area contributed by atoms with Crippen LogP contribution in [0, 0.1) is 0 Å². The molecule has 1 aliphatic heterocycles. The van der Waals surface area contributed by atoms with Gasteiger partial charge in [0.1, 0.15) is 6.61 Å². The third-order valence-electron chi connectivity index (χ3n) is 4.13. The highest BCUT2D eigenvalue weighted by atomic mass is 16.6. The van der Waals surface area contributed by atoms with Gasteiger partial charge in [-0.3, -0.25) is 4.79 Å². The van der Waals surface area contributed by atoms with Crippen LogP contribution in [0.3, 0.4) is 0 Å². The van der Waals surface area contributed by atoms with E-state index < -0.39 is 6.10 Å². The fourth-order valence-electron chi connectivity index (χ4n) is 2.89. The summed E-state index contributed by atoms with van der Waals surface area (Å²) < 4.78 is 11.3. The summed E-state index contributed by atoms with van der Waals surface area (Å²) >= 11 is 0. The molecule has 1 heterocycles. The first-order valence-electron chi connectivity index (χ1n) is 7.94. The van der Waals surface area contributed by atoms with Crippen LogP contribution in [0.2, 0.25) is 0 Å². The standard InChI is InChI=1S/C20H17NO3/c22-20(19-13-23-17-10-3-4-11-18(17)24-19)21-12-15-8-5-7-14-6-1-2-9-16(14)15/h1-11,19H,12-13H2,(H,21,22)/t19-/m0/s1. The Morgan fingerprint density at radius 1 is 0.958 bits per heavy atom. The maximum absolute atomic E-state index is 12.4. The third-order valence-corrected chi connectivity index (χ3v) is 4.13. The van der Waals surface area contributed by atoms with Crippen molar-refractivity contribution >= 4 is 16.7 Å². The van der Waals surface area contributed by atoms with Crippen LogP contribution in [-0.4, -0.2) is 18.6 Å². The summed E-state index contributed by atoms with van der Waals surface area (Å²) in [5.74, 6) is 1.11. The van der Waals surface area contributed by atoms with Crippen LogP contribution in [0.25, 0.3) is 10.8 Å². The molecule has 1 N–H and O–H groups in total. The number of fused-ring (bicyclic) bond motifs is 2. The normalized spacial score (nSPS) is 15.9. The minimum atomic E-state index is -0.630. The number of amides is 1. The van der Waals surface area contributed by atoms with E-state index in [2.05, 4.69) is 23.5 Å². The Hall–Kier alpha value is -3.01. The van der Waals surface area contributed by atoms with Crippen molar-refractivity contribution in [3.05, 3.63) is 72.3 Å². The van der Waals surface area contributed by atoms with Crippen LogP contribution in [0.15, 0.2) is 66.7 Å². The van der Waals surface area contributed by atoms with E-state index in [1.54, 1.807) is 6.07 Å². The summed E-state index contributed by atoms with van der Waals surface area (Å²) in [6.07, 6.45) is -0.630. The molecule has 0 radical (unpaired) electrons. The van der Waals surface area contributed by atoms with Gasteiger partial charge in [0, 0.05) is 6.54 Å². The average molecular weight is 319 g/mol. The van der Waals surface area contributed by atoms with Gasteiger partial charge < -0.3 is 14.8 Å². The molecule has 0 aromatic heterocycles. The first-order chi connectivity index (χ1) is 11.8. The molecule has 0 aliphatic carbocycles. The molecule has 120 valence electrons. The second-order valence-corrected chi connectivity index (χ2v) is 5.72. The molecule has 0 saturated carbocycles. The Kier molecular flexibility index (Phi) is 3.79. The zero-order valence-electron chi connectivity index (χ0n) is 13.1. The van der Waals surface area contributed by atoms with Gasteiger partial charge >= 0.3 is 0 Å². The third kappa shape index (κ3) is 2.78. The first kappa shape index (κ1) is 14.6. The second-order valence-electron chi connectivity index (χ2n) is 5.72. The summed E-state index contributed by atoms with van der Waals surface area (Å²) in [5.41, 5.74) is 1.08. The van der Waals surface area contributed by atoms with E-state index in [-0.39, 0.29) is 12.5 Å². The van der Waals surface area contributed by atoms with Crippen LogP contribution in [-0.2, 0) is 11.3 Å². The highest BCUT2D eigenvalue weighted by Gasteiger charge is 2.26. The van der Waals surface area contributed by atoms with Gasteiger partial charge in [0.15, 0.2) is 11.5 Å². The lowest BCUT2D eigenvalue weighted by molar-refractivity contribution is -0.130. The SMILES string of the molecule is O=C(NCc1cccc2ccccc12)[C@@H]1COc2ccccc2O1. The molecule has 4 rings (SSSR count). The number of carbonyl (C=O) groups is 1. The smallest absolute Gasteiger partial charge is 0.264 e. The van der Waals surface area contributed by atoms with Gasteiger partial charge in [-0.15, -0.1) is 0 Å². The topological polar surface area (TPSA) is 47.6 Å². The molecule has 3 aromatic carbocycles. The molecular weight excluding hydrogens is 302 g/mol. The van der Waals surface area contributed by atoms with Crippen molar-refractivity contribution in [2.45, 2.75) is 12.6 Å². The van der Waals surface area contributed by atoms with E-state index in [0.29, 0.717) is 18.0 Å². The summed E-state index contributed by atoms with van der Waals surface area (Å²) in [6, 6.07) is 21.6. The van der Waals surface area contributed by atoms with Gasteiger partial charge in [0.05, 0.1) is 0 Å². The zero-order valence-corrected chi connectivity index (χ0v) is 13.1. The predicted octanol–water partition coefficient (Wildman–Crippen LogP) is 3.30. The van der Waals surface area contributed by atoms with Crippen LogP contribution in [0.5, 0.6) is 11.5 Å². The Bertz CT molecular complexity index is 885. The van der Waals surface area contributed by atoms with Crippen molar-refractivity contribution in [2.24, 2.45) is 0 Å². The highest BCUT2D eigenvalue weighted by molar-refractivity contribution is 5.87. The lowest BCUT2D eigenvalue weighted by atomic mass is 10.0. The van der Waals surface area contributed by atoms with Gasteiger partial charge in [-0.05, 0) is 28.5 Å². The Balaban J connectivity index is 1.45. The Morgan fingerprint density at radius 2 is 1.71 bits per heavy atom. The largest absolute Gasteiger partial charge is 0.485 e. The maximum Gasteiger partial charge on any atom is 0.264 e.